The zero-order chi connectivity index (χ0) is 23.9. The maximum absolute atomic E-state index is 13.9. The number of hydrogen-bond acceptors (Lipinski definition) is 4. The van der Waals surface area contributed by atoms with Gasteiger partial charge in [0.1, 0.15) is 5.82 Å². The van der Waals surface area contributed by atoms with Crippen molar-refractivity contribution in [1.29, 1.82) is 0 Å². The Morgan fingerprint density at radius 3 is 2.26 bits per heavy atom. The SMILES string of the molecule is Fc1cccc(C2C=C(c3ccc(Br)cc3)N=C2SCc2ccc(C3(C(F)(F)F)N=N3)cc2)c1. The van der Waals surface area contributed by atoms with Crippen LogP contribution < -0.4 is 0 Å². The predicted octanol–water partition coefficient (Wildman–Crippen LogP) is 8.24. The van der Waals surface area contributed by atoms with Crippen molar-refractivity contribution in [3.05, 3.63) is 111 Å². The minimum atomic E-state index is -4.55. The minimum absolute atomic E-state index is 0.00351. The standard InChI is InChI=1S/C25H16BrF4N3S/c26-19-10-6-16(7-11-19)22-13-21(17-2-1-3-20(27)12-17)23(31-22)34-14-15-4-8-18(9-5-15)24(32-33-24)25(28,29)30/h1-13,21H,14H2. The van der Waals surface area contributed by atoms with Crippen LogP contribution in [0.25, 0.3) is 5.70 Å². The number of thioether (sulfide) groups is 1. The summed E-state index contributed by atoms with van der Waals surface area (Å²) in [6, 6.07) is 20.3. The summed E-state index contributed by atoms with van der Waals surface area (Å²) in [6.45, 7) is 0. The van der Waals surface area contributed by atoms with Crippen molar-refractivity contribution in [3.63, 3.8) is 0 Å². The van der Waals surface area contributed by atoms with E-state index in [0.29, 0.717) is 5.75 Å². The van der Waals surface area contributed by atoms with E-state index < -0.39 is 11.8 Å². The highest BCUT2D eigenvalue weighted by molar-refractivity contribution is 9.10. The molecule has 5 rings (SSSR count). The van der Waals surface area contributed by atoms with Crippen LogP contribution in [0, 0.1) is 5.82 Å². The highest BCUT2D eigenvalue weighted by atomic mass is 79.9. The number of rotatable bonds is 5. The Kier molecular flexibility index (Phi) is 5.93. The van der Waals surface area contributed by atoms with Gasteiger partial charge in [-0.25, -0.2) is 9.38 Å². The van der Waals surface area contributed by atoms with Gasteiger partial charge in [0.2, 0.25) is 0 Å². The summed E-state index contributed by atoms with van der Waals surface area (Å²) < 4.78 is 54.5. The summed E-state index contributed by atoms with van der Waals surface area (Å²) >= 11 is 4.91. The van der Waals surface area contributed by atoms with Crippen molar-refractivity contribution >= 4 is 38.4 Å². The molecule has 0 fully saturated rings. The monoisotopic (exact) mass is 545 g/mol. The second kappa shape index (κ2) is 8.78. The van der Waals surface area contributed by atoms with E-state index in [2.05, 4.69) is 26.2 Å². The first-order chi connectivity index (χ1) is 16.2. The molecule has 0 saturated carbocycles. The van der Waals surface area contributed by atoms with Gasteiger partial charge in [-0.05, 0) is 47.0 Å². The van der Waals surface area contributed by atoms with Gasteiger partial charge in [-0.3, -0.25) is 0 Å². The van der Waals surface area contributed by atoms with Crippen LogP contribution in [0.3, 0.4) is 0 Å². The maximum Gasteiger partial charge on any atom is 0.442 e. The molecule has 172 valence electrons. The predicted molar refractivity (Wildman–Crippen MR) is 129 cm³/mol. The Labute approximate surface area is 205 Å². The molecule has 0 N–H and O–H groups in total. The van der Waals surface area contributed by atoms with Gasteiger partial charge in [0.25, 0.3) is 0 Å². The third-order valence-corrected chi connectivity index (χ3v) is 7.25. The van der Waals surface area contributed by atoms with Crippen LogP contribution in [0.15, 0.2) is 98.6 Å². The molecule has 3 aromatic rings. The summed E-state index contributed by atoms with van der Waals surface area (Å²) in [4.78, 5) is 4.81. The fourth-order valence-electron chi connectivity index (χ4n) is 3.73. The molecular formula is C25H16BrF4N3S. The van der Waals surface area contributed by atoms with E-state index in [1.165, 1.54) is 36.0 Å². The molecule has 1 unspecified atom stereocenters. The van der Waals surface area contributed by atoms with E-state index in [4.69, 9.17) is 4.99 Å². The van der Waals surface area contributed by atoms with Crippen LogP contribution in [-0.4, -0.2) is 11.2 Å². The van der Waals surface area contributed by atoms with Gasteiger partial charge >= 0.3 is 11.8 Å². The van der Waals surface area contributed by atoms with Gasteiger partial charge in [-0.2, -0.15) is 13.2 Å². The van der Waals surface area contributed by atoms with E-state index in [-0.39, 0.29) is 17.3 Å². The molecular weight excluding hydrogens is 530 g/mol. The smallest absolute Gasteiger partial charge is 0.245 e. The van der Waals surface area contributed by atoms with E-state index in [1.54, 1.807) is 18.2 Å². The van der Waals surface area contributed by atoms with Crippen LogP contribution in [0.1, 0.15) is 28.2 Å². The van der Waals surface area contributed by atoms with Crippen molar-refractivity contribution in [3.8, 4) is 0 Å². The lowest BCUT2D eigenvalue weighted by molar-refractivity contribution is -0.166. The average Bonchev–Trinajstić information content (AvgIpc) is 3.53. The molecule has 0 aliphatic carbocycles. The highest BCUT2D eigenvalue weighted by Gasteiger charge is 2.65. The van der Waals surface area contributed by atoms with Crippen LogP contribution in [0.4, 0.5) is 17.6 Å². The molecule has 3 aromatic carbocycles. The first-order valence-electron chi connectivity index (χ1n) is 10.3. The number of benzene rings is 3. The average molecular weight is 546 g/mol. The molecule has 0 spiro atoms. The zero-order valence-corrected chi connectivity index (χ0v) is 19.8. The molecule has 2 aliphatic heterocycles. The second-order valence-electron chi connectivity index (χ2n) is 7.90. The topological polar surface area (TPSA) is 37.1 Å². The molecule has 3 nitrogen and oxygen atoms in total. The normalized spacial score (nSPS) is 18.6. The number of halogens is 5. The van der Waals surface area contributed by atoms with E-state index >= 15 is 0 Å². The number of allylic oxidation sites excluding steroid dienone is 1. The molecule has 2 aliphatic rings. The molecule has 1 atom stereocenters. The third-order valence-electron chi connectivity index (χ3n) is 5.61. The lowest BCUT2D eigenvalue weighted by atomic mass is 9.99. The van der Waals surface area contributed by atoms with Crippen molar-refractivity contribution in [2.24, 2.45) is 15.2 Å². The summed E-state index contributed by atoms with van der Waals surface area (Å²) in [5.41, 5.74) is 0.953. The number of alkyl halides is 3. The lowest BCUT2D eigenvalue weighted by Crippen LogP contribution is -2.30. The Hall–Kier alpha value is -2.78. The Morgan fingerprint density at radius 1 is 0.941 bits per heavy atom. The molecule has 0 aromatic heterocycles. The second-order valence-corrected chi connectivity index (χ2v) is 9.81. The van der Waals surface area contributed by atoms with Gasteiger partial charge < -0.3 is 0 Å². The Balaban J connectivity index is 1.37. The van der Waals surface area contributed by atoms with Crippen molar-refractivity contribution in [1.82, 2.24) is 0 Å². The Bertz CT molecular complexity index is 1310. The van der Waals surface area contributed by atoms with Crippen molar-refractivity contribution in [2.75, 3.05) is 0 Å². The largest absolute Gasteiger partial charge is 0.442 e. The molecule has 0 bridgehead atoms. The van der Waals surface area contributed by atoms with Crippen LogP contribution in [0.5, 0.6) is 0 Å². The molecule has 0 radical (unpaired) electrons. The lowest BCUT2D eigenvalue weighted by Gasteiger charge is -2.15. The minimum Gasteiger partial charge on any atom is -0.245 e. The molecule has 0 amide bonds. The fraction of sp³-hybridized carbons (Fsp3) is 0.160. The molecule has 0 saturated heterocycles. The summed E-state index contributed by atoms with van der Waals surface area (Å²) in [7, 11) is 0. The van der Waals surface area contributed by atoms with Gasteiger partial charge in [0.05, 0.1) is 16.7 Å². The van der Waals surface area contributed by atoms with E-state index in [0.717, 1.165) is 31.9 Å². The third kappa shape index (κ3) is 4.46. The summed E-state index contributed by atoms with van der Waals surface area (Å²) in [6.07, 6.45) is -2.54. The van der Waals surface area contributed by atoms with E-state index in [1.807, 2.05) is 36.4 Å². The van der Waals surface area contributed by atoms with Crippen LogP contribution >= 0.6 is 27.7 Å². The summed E-state index contributed by atoms with van der Waals surface area (Å²) in [5, 5.41) is 7.28. The molecule has 34 heavy (non-hydrogen) atoms. The highest BCUT2D eigenvalue weighted by Crippen LogP contribution is 2.52. The van der Waals surface area contributed by atoms with Gasteiger partial charge in [0, 0.05) is 15.8 Å². The zero-order valence-electron chi connectivity index (χ0n) is 17.4. The van der Waals surface area contributed by atoms with Crippen molar-refractivity contribution < 1.29 is 17.6 Å². The van der Waals surface area contributed by atoms with Crippen LogP contribution in [0.2, 0.25) is 0 Å². The number of aliphatic imine (C=N–C) groups is 1. The van der Waals surface area contributed by atoms with Crippen molar-refractivity contribution in [2.45, 2.75) is 23.5 Å². The first kappa shape index (κ1) is 23.0. The molecule has 9 heteroatoms. The van der Waals surface area contributed by atoms with E-state index in [9.17, 15) is 17.6 Å². The maximum atomic E-state index is 13.9. The van der Waals surface area contributed by atoms with Gasteiger partial charge in [0.15, 0.2) is 0 Å². The number of nitrogens with zero attached hydrogens (tertiary/aromatic N) is 3. The van der Waals surface area contributed by atoms with Gasteiger partial charge in [-0.15, -0.1) is 22.0 Å². The fourth-order valence-corrected chi connectivity index (χ4v) is 5.05. The van der Waals surface area contributed by atoms with Crippen LogP contribution in [-0.2, 0) is 11.4 Å². The summed E-state index contributed by atoms with van der Waals surface area (Å²) in [5.74, 6) is -0.0340. The Morgan fingerprint density at radius 2 is 1.65 bits per heavy atom. The quantitative estimate of drug-likeness (QED) is 0.297. The number of hydrogen-bond donors (Lipinski definition) is 0. The van der Waals surface area contributed by atoms with Gasteiger partial charge in [-0.1, -0.05) is 64.5 Å². The molecule has 2 heterocycles. The first-order valence-corrected chi connectivity index (χ1v) is 12.1.